The van der Waals surface area contributed by atoms with E-state index in [0.717, 1.165) is 6.92 Å². The van der Waals surface area contributed by atoms with Gasteiger partial charge in [0, 0.05) is 6.92 Å². The summed E-state index contributed by atoms with van der Waals surface area (Å²) in [4.78, 5) is 33.8. The number of allylic oxidation sites excluding steroid dienone is 1. The standard InChI is InChI=1S/C10H15NO4S/c1-5(12)8(9(14)6(2)13)10(15)11-7(3)16-4/h7,12H,1-4H3,(H,11,15)/b8-5-. The van der Waals surface area contributed by atoms with Crippen molar-refractivity contribution in [3.05, 3.63) is 11.3 Å². The Bertz CT molecular complexity index is 345. The molecule has 90 valence electrons. The molecule has 0 saturated heterocycles. The van der Waals surface area contributed by atoms with Crippen LogP contribution in [0.5, 0.6) is 0 Å². The molecule has 1 atom stereocenters. The van der Waals surface area contributed by atoms with E-state index in [2.05, 4.69) is 5.32 Å². The quantitative estimate of drug-likeness (QED) is 0.187. The molecule has 0 aliphatic heterocycles. The first-order valence-corrected chi connectivity index (χ1v) is 5.88. The van der Waals surface area contributed by atoms with E-state index in [4.69, 9.17) is 0 Å². The lowest BCUT2D eigenvalue weighted by molar-refractivity contribution is -0.134. The third kappa shape index (κ3) is 4.06. The summed E-state index contributed by atoms with van der Waals surface area (Å²) < 4.78 is 0. The fourth-order valence-corrected chi connectivity index (χ4v) is 1.15. The summed E-state index contributed by atoms with van der Waals surface area (Å²) in [5.41, 5.74) is -0.492. The second-order valence-corrected chi connectivity index (χ2v) is 4.38. The molecule has 0 saturated carbocycles. The molecular weight excluding hydrogens is 230 g/mol. The summed E-state index contributed by atoms with van der Waals surface area (Å²) in [5.74, 6) is -2.95. The van der Waals surface area contributed by atoms with Gasteiger partial charge < -0.3 is 10.4 Å². The first kappa shape index (κ1) is 14.7. The highest BCUT2D eigenvalue weighted by Crippen LogP contribution is 2.07. The highest BCUT2D eigenvalue weighted by molar-refractivity contribution is 7.99. The van der Waals surface area contributed by atoms with Crippen molar-refractivity contribution >= 4 is 29.2 Å². The van der Waals surface area contributed by atoms with Gasteiger partial charge in [0.1, 0.15) is 11.3 Å². The zero-order chi connectivity index (χ0) is 12.9. The molecule has 0 bridgehead atoms. The number of thioether (sulfide) groups is 1. The molecule has 1 unspecified atom stereocenters. The van der Waals surface area contributed by atoms with Crippen molar-refractivity contribution in [3.8, 4) is 0 Å². The maximum Gasteiger partial charge on any atom is 0.259 e. The minimum atomic E-state index is -0.981. The Morgan fingerprint density at radius 2 is 1.75 bits per heavy atom. The Hall–Kier alpha value is -1.30. The van der Waals surface area contributed by atoms with Crippen LogP contribution in [0.25, 0.3) is 0 Å². The fraction of sp³-hybridized carbons (Fsp3) is 0.500. The van der Waals surface area contributed by atoms with Gasteiger partial charge >= 0.3 is 0 Å². The number of hydrogen-bond donors (Lipinski definition) is 2. The maximum absolute atomic E-state index is 11.6. The Balaban J connectivity index is 4.98. The molecule has 0 aliphatic rings. The van der Waals surface area contributed by atoms with Crippen LogP contribution in [0.15, 0.2) is 11.3 Å². The Morgan fingerprint density at radius 1 is 1.25 bits per heavy atom. The van der Waals surface area contributed by atoms with Gasteiger partial charge in [0.2, 0.25) is 11.6 Å². The Labute approximate surface area is 98.3 Å². The van der Waals surface area contributed by atoms with E-state index in [1.807, 2.05) is 0 Å². The number of ketones is 2. The van der Waals surface area contributed by atoms with Crippen LogP contribution in [0.1, 0.15) is 20.8 Å². The molecule has 16 heavy (non-hydrogen) atoms. The molecule has 6 heteroatoms. The monoisotopic (exact) mass is 245 g/mol. The average molecular weight is 245 g/mol. The van der Waals surface area contributed by atoms with Gasteiger partial charge in [0.05, 0.1) is 5.37 Å². The van der Waals surface area contributed by atoms with Gasteiger partial charge in [0.15, 0.2) is 0 Å². The third-order valence-electron chi connectivity index (χ3n) is 1.82. The van der Waals surface area contributed by atoms with Gasteiger partial charge in [-0.25, -0.2) is 0 Å². The molecule has 0 aromatic carbocycles. The molecule has 5 nitrogen and oxygen atoms in total. The number of rotatable bonds is 5. The summed E-state index contributed by atoms with van der Waals surface area (Å²) >= 11 is 1.37. The third-order valence-corrected chi connectivity index (χ3v) is 2.65. The van der Waals surface area contributed by atoms with E-state index in [0.29, 0.717) is 0 Å². The van der Waals surface area contributed by atoms with Crippen molar-refractivity contribution in [2.45, 2.75) is 26.1 Å². The number of carbonyl (C=O) groups excluding carboxylic acids is 3. The second-order valence-electron chi connectivity index (χ2n) is 3.20. The normalized spacial score (nSPS) is 13.8. The summed E-state index contributed by atoms with van der Waals surface area (Å²) in [7, 11) is 0. The van der Waals surface area contributed by atoms with Crippen molar-refractivity contribution in [1.29, 1.82) is 0 Å². The van der Waals surface area contributed by atoms with E-state index in [9.17, 15) is 19.5 Å². The van der Waals surface area contributed by atoms with Crippen LogP contribution in [0.4, 0.5) is 0 Å². The largest absolute Gasteiger partial charge is 0.512 e. The molecule has 0 fully saturated rings. The molecule has 2 N–H and O–H groups in total. The number of Topliss-reactive ketones (excluding diaryl/α,β-unsaturated/α-hetero) is 2. The summed E-state index contributed by atoms with van der Waals surface area (Å²) in [5, 5.41) is 11.5. The minimum absolute atomic E-state index is 0.207. The predicted molar refractivity (Wildman–Crippen MR) is 62.1 cm³/mol. The van der Waals surface area contributed by atoms with Crippen molar-refractivity contribution in [1.82, 2.24) is 5.32 Å². The Morgan fingerprint density at radius 3 is 2.06 bits per heavy atom. The number of aliphatic hydroxyl groups is 1. The number of nitrogens with one attached hydrogen (secondary N) is 1. The lowest BCUT2D eigenvalue weighted by Gasteiger charge is -2.12. The van der Waals surface area contributed by atoms with Gasteiger partial charge in [0.25, 0.3) is 5.91 Å². The van der Waals surface area contributed by atoms with Gasteiger partial charge in [-0.2, -0.15) is 0 Å². The second kappa shape index (κ2) is 6.32. The number of aliphatic hydroxyl groups excluding tert-OH is 1. The first-order valence-electron chi connectivity index (χ1n) is 4.60. The smallest absolute Gasteiger partial charge is 0.259 e. The van der Waals surface area contributed by atoms with E-state index in [-0.39, 0.29) is 5.37 Å². The van der Waals surface area contributed by atoms with Gasteiger partial charge in [-0.1, -0.05) is 0 Å². The van der Waals surface area contributed by atoms with Gasteiger partial charge in [-0.15, -0.1) is 11.8 Å². The first-order chi connectivity index (χ1) is 7.31. The molecule has 0 aromatic heterocycles. The van der Waals surface area contributed by atoms with E-state index >= 15 is 0 Å². The molecule has 1 amide bonds. The lowest BCUT2D eigenvalue weighted by atomic mass is 10.1. The molecule has 0 heterocycles. The van der Waals surface area contributed by atoms with Crippen LogP contribution in [-0.2, 0) is 14.4 Å². The lowest BCUT2D eigenvalue weighted by Crippen LogP contribution is -2.35. The maximum atomic E-state index is 11.6. The minimum Gasteiger partial charge on any atom is -0.512 e. The van der Waals surface area contributed by atoms with Crippen LogP contribution < -0.4 is 5.32 Å². The number of amides is 1. The van der Waals surface area contributed by atoms with E-state index in [1.165, 1.54) is 18.7 Å². The number of hydrogen-bond acceptors (Lipinski definition) is 5. The topological polar surface area (TPSA) is 83.5 Å². The molecule has 0 radical (unpaired) electrons. The fourth-order valence-electron chi connectivity index (χ4n) is 0.923. The zero-order valence-corrected chi connectivity index (χ0v) is 10.5. The summed E-state index contributed by atoms with van der Waals surface area (Å²) in [6.07, 6.45) is 1.78. The highest BCUT2D eigenvalue weighted by atomic mass is 32.2. The predicted octanol–water partition coefficient (Wildman–Crippen LogP) is 0.802. The zero-order valence-electron chi connectivity index (χ0n) is 9.66. The average Bonchev–Trinajstić information content (AvgIpc) is 2.16. The van der Waals surface area contributed by atoms with E-state index < -0.39 is 28.8 Å². The van der Waals surface area contributed by atoms with Gasteiger partial charge in [-0.05, 0) is 20.1 Å². The molecule has 0 spiro atoms. The van der Waals surface area contributed by atoms with E-state index in [1.54, 1.807) is 13.2 Å². The van der Waals surface area contributed by atoms with Crippen LogP contribution >= 0.6 is 11.8 Å². The SMILES string of the molecule is CSC(C)NC(=O)/C(C(=O)C(C)=O)=C(/C)O. The van der Waals surface area contributed by atoms with Crippen molar-refractivity contribution in [2.75, 3.05) is 6.26 Å². The van der Waals surface area contributed by atoms with Gasteiger partial charge in [-0.3, -0.25) is 14.4 Å². The van der Waals surface area contributed by atoms with Crippen LogP contribution in [0, 0.1) is 0 Å². The molecular formula is C10H15NO4S. The van der Waals surface area contributed by atoms with Crippen LogP contribution in [0.3, 0.4) is 0 Å². The summed E-state index contributed by atoms with van der Waals surface area (Å²) in [6, 6.07) is 0. The van der Waals surface area contributed by atoms with Crippen LogP contribution in [-0.4, -0.2) is 34.2 Å². The van der Waals surface area contributed by atoms with Crippen molar-refractivity contribution in [3.63, 3.8) is 0 Å². The van der Waals surface area contributed by atoms with Crippen molar-refractivity contribution < 1.29 is 19.5 Å². The molecule has 0 aromatic rings. The number of carbonyl (C=O) groups is 3. The highest BCUT2D eigenvalue weighted by Gasteiger charge is 2.25. The molecule has 0 aliphatic carbocycles. The Kier molecular flexibility index (Phi) is 5.81. The summed E-state index contributed by atoms with van der Waals surface area (Å²) in [6.45, 7) is 3.97. The van der Waals surface area contributed by atoms with Crippen LogP contribution in [0.2, 0.25) is 0 Å². The van der Waals surface area contributed by atoms with Crippen molar-refractivity contribution in [2.24, 2.45) is 0 Å². The molecule has 0 rings (SSSR count).